The van der Waals surface area contributed by atoms with Gasteiger partial charge in [-0.25, -0.2) is 0 Å². The summed E-state index contributed by atoms with van der Waals surface area (Å²) in [6.45, 7) is 9.32. The van der Waals surface area contributed by atoms with Crippen molar-refractivity contribution in [2.75, 3.05) is 13.1 Å². The van der Waals surface area contributed by atoms with Gasteiger partial charge in [0.2, 0.25) is 11.8 Å². The second kappa shape index (κ2) is 11.8. The van der Waals surface area contributed by atoms with Gasteiger partial charge in [0.25, 0.3) is 0 Å². The Morgan fingerprint density at radius 3 is 2.24 bits per heavy atom. The molecule has 1 atom stereocenters. The average molecular weight is 322 g/mol. The van der Waals surface area contributed by atoms with Crippen molar-refractivity contribution in [3.05, 3.63) is 0 Å². The number of hydrogen-bond acceptors (Lipinski definition) is 3. The van der Waals surface area contributed by atoms with Crippen LogP contribution in [0.3, 0.4) is 0 Å². The summed E-state index contributed by atoms with van der Waals surface area (Å²) in [5, 5.41) is 5.80. The molecule has 0 rings (SSSR count). The zero-order valence-corrected chi connectivity index (χ0v) is 14.6. The maximum Gasteiger partial charge on any atom is 0.220 e. The summed E-state index contributed by atoms with van der Waals surface area (Å²) in [7, 11) is 0. The van der Waals surface area contributed by atoms with Gasteiger partial charge in [-0.1, -0.05) is 20.8 Å². The van der Waals surface area contributed by atoms with Crippen LogP contribution in [0.1, 0.15) is 59.8 Å². The van der Waals surface area contributed by atoms with Crippen LogP contribution in [0.2, 0.25) is 0 Å². The van der Waals surface area contributed by atoms with Crippen LogP contribution < -0.4 is 16.4 Å². The Balaban J connectivity index is 0. The van der Waals surface area contributed by atoms with Crippen LogP contribution in [0.25, 0.3) is 0 Å². The lowest BCUT2D eigenvalue weighted by atomic mass is 9.90. The second-order valence-corrected chi connectivity index (χ2v) is 6.11. The molecule has 0 fully saturated rings. The second-order valence-electron chi connectivity index (χ2n) is 6.11. The number of nitrogens with two attached hydrogens (primary N) is 1. The molecule has 0 radical (unpaired) electrons. The first-order valence-electron chi connectivity index (χ1n) is 7.60. The summed E-state index contributed by atoms with van der Waals surface area (Å²) in [6.07, 6.45) is 3.12. The van der Waals surface area contributed by atoms with E-state index in [1.165, 1.54) is 0 Å². The van der Waals surface area contributed by atoms with Crippen molar-refractivity contribution in [2.45, 2.75) is 65.3 Å². The molecule has 0 aliphatic carbocycles. The van der Waals surface area contributed by atoms with Crippen LogP contribution in [0, 0.1) is 5.92 Å². The standard InChI is InChI=1S/C15H31N3O2.ClH/c1-5-9-17-13(19)7-6-8-14(20)18-15(4,11-16)10-12(2)3;/h12H,5-11,16H2,1-4H3,(H,17,19)(H,18,20);1H. The molecule has 0 aromatic carbocycles. The minimum Gasteiger partial charge on any atom is -0.356 e. The third-order valence-electron chi connectivity index (χ3n) is 3.13. The van der Waals surface area contributed by atoms with E-state index in [1.807, 2.05) is 13.8 Å². The van der Waals surface area contributed by atoms with E-state index in [0.29, 0.717) is 38.3 Å². The lowest BCUT2D eigenvalue weighted by molar-refractivity contribution is -0.123. The molecule has 0 saturated heterocycles. The summed E-state index contributed by atoms with van der Waals surface area (Å²) in [5.74, 6) is 0.467. The molecule has 0 heterocycles. The van der Waals surface area contributed by atoms with Gasteiger partial charge in [-0.05, 0) is 32.1 Å². The van der Waals surface area contributed by atoms with Gasteiger partial charge < -0.3 is 16.4 Å². The van der Waals surface area contributed by atoms with Crippen LogP contribution in [0.15, 0.2) is 0 Å². The fraction of sp³-hybridized carbons (Fsp3) is 0.867. The Morgan fingerprint density at radius 2 is 1.76 bits per heavy atom. The maximum atomic E-state index is 11.9. The number of nitrogens with one attached hydrogen (secondary N) is 2. The molecule has 6 heteroatoms. The lowest BCUT2D eigenvalue weighted by Gasteiger charge is -2.31. The van der Waals surface area contributed by atoms with E-state index in [1.54, 1.807) is 0 Å². The zero-order chi connectivity index (χ0) is 15.6. The fourth-order valence-corrected chi connectivity index (χ4v) is 2.25. The average Bonchev–Trinajstić information content (AvgIpc) is 2.35. The highest BCUT2D eigenvalue weighted by Gasteiger charge is 2.25. The van der Waals surface area contributed by atoms with Crippen LogP contribution in [-0.2, 0) is 9.59 Å². The molecule has 1 unspecified atom stereocenters. The van der Waals surface area contributed by atoms with Crippen molar-refractivity contribution < 1.29 is 9.59 Å². The molecular weight excluding hydrogens is 290 g/mol. The van der Waals surface area contributed by atoms with Crippen LogP contribution in [0.5, 0.6) is 0 Å². The van der Waals surface area contributed by atoms with E-state index in [9.17, 15) is 9.59 Å². The summed E-state index contributed by atoms with van der Waals surface area (Å²) >= 11 is 0. The smallest absolute Gasteiger partial charge is 0.220 e. The summed E-state index contributed by atoms with van der Waals surface area (Å²) in [4.78, 5) is 23.3. The highest BCUT2D eigenvalue weighted by atomic mass is 35.5. The van der Waals surface area contributed by atoms with E-state index in [2.05, 4.69) is 24.5 Å². The molecule has 0 aromatic heterocycles. The fourth-order valence-electron chi connectivity index (χ4n) is 2.25. The molecule has 2 amide bonds. The number of rotatable bonds is 10. The Kier molecular flexibility index (Phi) is 12.6. The number of carbonyl (C=O) groups excluding carboxylic acids is 2. The van der Waals surface area contributed by atoms with Gasteiger partial charge in [-0.2, -0.15) is 0 Å². The van der Waals surface area contributed by atoms with Gasteiger partial charge >= 0.3 is 0 Å². The van der Waals surface area contributed by atoms with E-state index in [0.717, 1.165) is 12.8 Å². The molecule has 0 aliphatic rings. The summed E-state index contributed by atoms with van der Waals surface area (Å²) < 4.78 is 0. The normalized spacial score (nSPS) is 13.2. The Hall–Kier alpha value is -0.810. The van der Waals surface area contributed by atoms with E-state index in [4.69, 9.17) is 5.73 Å². The first kappa shape index (κ1) is 22.5. The first-order valence-corrected chi connectivity index (χ1v) is 7.60. The number of carbonyl (C=O) groups is 2. The van der Waals surface area contributed by atoms with Gasteiger partial charge in [0.1, 0.15) is 0 Å². The van der Waals surface area contributed by atoms with Gasteiger partial charge in [0.05, 0.1) is 0 Å². The van der Waals surface area contributed by atoms with Crippen molar-refractivity contribution in [1.82, 2.24) is 10.6 Å². The minimum absolute atomic E-state index is 0. The van der Waals surface area contributed by atoms with E-state index < -0.39 is 0 Å². The number of hydrogen-bond donors (Lipinski definition) is 3. The number of amides is 2. The maximum absolute atomic E-state index is 11.9. The molecule has 5 nitrogen and oxygen atoms in total. The molecule has 0 aliphatic heterocycles. The van der Waals surface area contributed by atoms with Crippen molar-refractivity contribution in [1.29, 1.82) is 0 Å². The van der Waals surface area contributed by atoms with Gasteiger partial charge in [-0.3, -0.25) is 9.59 Å². The zero-order valence-electron chi connectivity index (χ0n) is 13.8. The Bertz CT molecular complexity index is 311. The molecule has 0 spiro atoms. The lowest BCUT2D eigenvalue weighted by Crippen LogP contribution is -2.52. The summed E-state index contributed by atoms with van der Waals surface area (Å²) in [6, 6.07) is 0. The highest BCUT2D eigenvalue weighted by molar-refractivity contribution is 5.85. The van der Waals surface area contributed by atoms with Crippen LogP contribution >= 0.6 is 12.4 Å². The summed E-state index contributed by atoms with van der Waals surface area (Å²) in [5.41, 5.74) is 5.41. The highest BCUT2D eigenvalue weighted by Crippen LogP contribution is 2.15. The third kappa shape index (κ3) is 11.5. The van der Waals surface area contributed by atoms with Crippen molar-refractivity contribution in [2.24, 2.45) is 11.7 Å². The third-order valence-corrected chi connectivity index (χ3v) is 3.13. The molecular formula is C15H32ClN3O2. The molecule has 0 bridgehead atoms. The predicted octanol–water partition coefficient (Wildman–Crippen LogP) is 1.98. The van der Waals surface area contributed by atoms with Crippen molar-refractivity contribution in [3.63, 3.8) is 0 Å². The van der Waals surface area contributed by atoms with E-state index in [-0.39, 0.29) is 29.8 Å². The van der Waals surface area contributed by atoms with Crippen molar-refractivity contribution in [3.8, 4) is 0 Å². The van der Waals surface area contributed by atoms with Gasteiger partial charge in [0.15, 0.2) is 0 Å². The molecule has 4 N–H and O–H groups in total. The Labute approximate surface area is 135 Å². The first-order chi connectivity index (χ1) is 9.33. The SMILES string of the molecule is CCCNC(=O)CCCC(=O)NC(C)(CN)CC(C)C.Cl. The Morgan fingerprint density at radius 1 is 1.19 bits per heavy atom. The monoisotopic (exact) mass is 321 g/mol. The van der Waals surface area contributed by atoms with Gasteiger partial charge in [-0.15, -0.1) is 12.4 Å². The largest absolute Gasteiger partial charge is 0.356 e. The topological polar surface area (TPSA) is 84.2 Å². The molecule has 0 aromatic rings. The quantitative estimate of drug-likeness (QED) is 0.575. The van der Waals surface area contributed by atoms with Crippen LogP contribution in [-0.4, -0.2) is 30.4 Å². The van der Waals surface area contributed by atoms with Crippen molar-refractivity contribution >= 4 is 24.2 Å². The minimum atomic E-state index is -0.351. The molecule has 126 valence electrons. The molecule has 21 heavy (non-hydrogen) atoms. The van der Waals surface area contributed by atoms with E-state index >= 15 is 0 Å². The predicted molar refractivity (Wildman–Crippen MR) is 89.5 cm³/mol. The van der Waals surface area contributed by atoms with Gasteiger partial charge in [0, 0.05) is 31.5 Å². The number of halogens is 1. The molecule has 0 saturated carbocycles. The van der Waals surface area contributed by atoms with Crippen LogP contribution in [0.4, 0.5) is 0 Å².